The van der Waals surface area contributed by atoms with E-state index in [4.69, 9.17) is 4.74 Å². The summed E-state index contributed by atoms with van der Waals surface area (Å²) < 4.78 is 5.20. The lowest BCUT2D eigenvalue weighted by Crippen LogP contribution is -2.57. The van der Waals surface area contributed by atoms with Gasteiger partial charge in [0.25, 0.3) is 0 Å². The number of carbonyl (C=O) groups is 2. The van der Waals surface area contributed by atoms with Gasteiger partial charge in [-0.25, -0.2) is 0 Å². The van der Waals surface area contributed by atoms with E-state index in [1.54, 1.807) is 7.11 Å². The molecule has 1 atom stereocenters. The number of likely N-dealkylation sites (tertiary alicyclic amines) is 1. The Morgan fingerprint density at radius 3 is 2.29 bits per heavy atom. The van der Waals surface area contributed by atoms with Gasteiger partial charge in [-0.2, -0.15) is 0 Å². The predicted molar refractivity (Wildman–Crippen MR) is 88.3 cm³/mol. The van der Waals surface area contributed by atoms with E-state index in [1.165, 1.54) is 32.1 Å². The number of carboxylic acids is 1. The third-order valence-electron chi connectivity index (χ3n) is 7.27. The molecule has 0 aromatic rings. The van der Waals surface area contributed by atoms with E-state index in [9.17, 15) is 14.7 Å². The largest absolute Gasteiger partial charge is 0.481 e. The van der Waals surface area contributed by atoms with E-state index in [0.717, 1.165) is 18.3 Å². The Kier molecular flexibility index (Phi) is 4.10. The average molecular weight is 335 g/mol. The topological polar surface area (TPSA) is 66.8 Å². The molecular weight excluding hydrogens is 306 g/mol. The zero-order chi connectivity index (χ0) is 16.9. The van der Waals surface area contributed by atoms with Crippen LogP contribution in [0.3, 0.4) is 0 Å². The summed E-state index contributed by atoms with van der Waals surface area (Å²) in [7, 11) is 1.54. The number of carboxylic acid groups (broad SMARTS) is 1. The van der Waals surface area contributed by atoms with Crippen LogP contribution in [0.1, 0.15) is 44.9 Å². The van der Waals surface area contributed by atoms with Crippen molar-refractivity contribution in [3.05, 3.63) is 0 Å². The van der Waals surface area contributed by atoms with Crippen molar-refractivity contribution in [2.75, 3.05) is 26.8 Å². The van der Waals surface area contributed by atoms with Crippen LogP contribution < -0.4 is 0 Å². The number of hydrogen-bond acceptors (Lipinski definition) is 3. The van der Waals surface area contributed by atoms with Gasteiger partial charge in [0.2, 0.25) is 5.91 Å². The van der Waals surface area contributed by atoms with Crippen LogP contribution >= 0.6 is 0 Å². The van der Waals surface area contributed by atoms with E-state index in [1.807, 2.05) is 4.90 Å². The first-order valence-electron chi connectivity index (χ1n) is 9.53. The summed E-state index contributed by atoms with van der Waals surface area (Å²) in [5.74, 6) is 2.38. The minimum Gasteiger partial charge on any atom is -0.481 e. The normalized spacial score (nSPS) is 43.9. The van der Waals surface area contributed by atoms with Gasteiger partial charge in [0, 0.05) is 26.1 Å². The van der Waals surface area contributed by atoms with E-state index >= 15 is 0 Å². The van der Waals surface area contributed by atoms with Gasteiger partial charge < -0.3 is 14.7 Å². The minimum atomic E-state index is -0.922. The Labute approximate surface area is 143 Å². The second-order valence-corrected chi connectivity index (χ2v) is 8.84. The fraction of sp³-hybridized carbons (Fsp3) is 0.895. The fourth-order valence-electron chi connectivity index (χ4n) is 6.49. The van der Waals surface area contributed by atoms with Crippen LogP contribution in [-0.4, -0.2) is 48.7 Å². The van der Waals surface area contributed by atoms with Crippen molar-refractivity contribution >= 4 is 11.9 Å². The van der Waals surface area contributed by atoms with Crippen molar-refractivity contribution in [2.45, 2.75) is 44.9 Å². The lowest BCUT2D eigenvalue weighted by molar-refractivity contribution is -0.163. The highest BCUT2D eigenvalue weighted by Crippen LogP contribution is 2.57. The summed E-state index contributed by atoms with van der Waals surface area (Å²) in [5.41, 5.74) is -0.922. The van der Waals surface area contributed by atoms with E-state index < -0.39 is 11.4 Å². The van der Waals surface area contributed by atoms with Crippen molar-refractivity contribution in [1.82, 2.24) is 4.90 Å². The van der Waals surface area contributed by atoms with Crippen molar-refractivity contribution in [3.8, 4) is 0 Å². The predicted octanol–water partition coefficient (Wildman–Crippen LogP) is 2.40. The molecule has 4 aliphatic carbocycles. The Balaban J connectivity index is 1.51. The molecule has 4 bridgehead atoms. The van der Waals surface area contributed by atoms with Gasteiger partial charge in [-0.15, -0.1) is 0 Å². The van der Waals surface area contributed by atoms with E-state index in [0.29, 0.717) is 31.3 Å². The summed E-state index contributed by atoms with van der Waals surface area (Å²) in [6, 6.07) is 0. The number of piperidine rings is 1. The molecule has 5 fully saturated rings. The molecule has 0 radical (unpaired) electrons. The molecule has 1 aliphatic heterocycles. The quantitative estimate of drug-likeness (QED) is 0.857. The van der Waals surface area contributed by atoms with Crippen LogP contribution in [0.5, 0.6) is 0 Å². The number of methoxy groups -OCH3 is 1. The molecule has 5 rings (SSSR count). The molecule has 134 valence electrons. The first-order chi connectivity index (χ1) is 11.5. The summed E-state index contributed by atoms with van der Waals surface area (Å²) >= 11 is 0. The number of amides is 1. The first-order valence-corrected chi connectivity index (χ1v) is 9.53. The van der Waals surface area contributed by atoms with Gasteiger partial charge in [0.15, 0.2) is 0 Å². The monoisotopic (exact) mass is 335 g/mol. The minimum absolute atomic E-state index is 0.157. The van der Waals surface area contributed by atoms with Gasteiger partial charge in [-0.05, 0) is 68.6 Å². The van der Waals surface area contributed by atoms with Gasteiger partial charge in [0.1, 0.15) is 5.41 Å². The maximum Gasteiger partial charge on any atom is 0.313 e. The zero-order valence-electron chi connectivity index (χ0n) is 14.6. The molecule has 5 aliphatic rings. The van der Waals surface area contributed by atoms with Gasteiger partial charge >= 0.3 is 5.97 Å². The van der Waals surface area contributed by atoms with Crippen LogP contribution in [0.25, 0.3) is 0 Å². The Bertz CT molecular complexity index is 501. The summed E-state index contributed by atoms with van der Waals surface area (Å²) in [4.78, 5) is 27.0. The smallest absolute Gasteiger partial charge is 0.313 e. The second-order valence-electron chi connectivity index (χ2n) is 8.84. The molecule has 1 amide bonds. The molecule has 4 saturated carbocycles. The number of hydrogen-bond donors (Lipinski definition) is 1. The van der Waals surface area contributed by atoms with Crippen LogP contribution in [0.15, 0.2) is 0 Å². The molecule has 1 N–H and O–H groups in total. The highest BCUT2D eigenvalue weighted by molar-refractivity contribution is 5.82. The van der Waals surface area contributed by atoms with Gasteiger partial charge in [-0.3, -0.25) is 9.59 Å². The molecule has 24 heavy (non-hydrogen) atoms. The highest BCUT2D eigenvalue weighted by Gasteiger charge is 2.53. The van der Waals surface area contributed by atoms with Crippen LogP contribution in [0.4, 0.5) is 0 Å². The molecule has 5 nitrogen and oxygen atoms in total. The molecule has 0 aromatic heterocycles. The standard InChI is InChI=1S/C19H29NO4/c1-24-11-19(18(22)23)3-2-4-20(10-19)17(21)16-14-6-12-5-13(8-14)9-15(16)7-12/h12-16H,2-11H2,1H3,(H,22,23). The summed E-state index contributed by atoms with van der Waals surface area (Å²) in [6.45, 7) is 1.21. The number of rotatable bonds is 4. The van der Waals surface area contributed by atoms with Crippen LogP contribution in [0, 0.1) is 35.0 Å². The van der Waals surface area contributed by atoms with Crippen LogP contribution in [-0.2, 0) is 14.3 Å². The SMILES string of the molecule is COCC1(C(=O)O)CCCN(C(=O)C2C3CC4CC(C3)CC2C4)C1. The third kappa shape index (κ3) is 2.56. The van der Waals surface area contributed by atoms with Crippen molar-refractivity contribution in [1.29, 1.82) is 0 Å². The number of nitrogens with zero attached hydrogens (tertiary/aromatic N) is 1. The Morgan fingerprint density at radius 2 is 1.75 bits per heavy atom. The third-order valence-corrected chi connectivity index (χ3v) is 7.27. The van der Waals surface area contributed by atoms with Gasteiger partial charge in [0.05, 0.1) is 6.61 Å². The summed E-state index contributed by atoms with van der Waals surface area (Å²) in [6.07, 6.45) is 7.63. The van der Waals surface area contributed by atoms with Crippen molar-refractivity contribution in [2.24, 2.45) is 35.0 Å². The molecule has 1 unspecified atom stereocenters. The van der Waals surface area contributed by atoms with E-state index in [2.05, 4.69) is 0 Å². The lowest BCUT2D eigenvalue weighted by Gasteiger charge is -2.55. The van der Waals surface area contributed by atoms with Crippen molar-refractivity contribution < 1.29 is 19.4 Å². The Hall–Kier alpha value is -1.10. The summed E-state index contributed by atoms with van der Waals surface area (Å²) in [5, 5.41) is 9.71. The number of carbonyl (C=O) groups excluding carboxylic acids is 1. The zero-order valence-corrected chi connectivity index (χ0v) is 14.6. The maximum atomic E-state index is 13.3. The highest BCUT2D eigenvalue weighted by atomic mass is 16.5. The molecule has 1 heterocycles. The maximum absolute atomic E-state index is 13.3. The molecule has 5 heteroatoms. The number of ether oxygens (including phenoxy) is 1. The van der Waals surface area contributed by atoms with Crippen molar-refractivity contribution in [3.63, 3.8) is 0 Å². The lowest BCUT2D eigenvalue weighted by atomic mass is 9.51. The van der Waals surface area contributed by atoms with Crippen LogP contribution in [0.2, 0.25) is 0 Å². The molecule has 1 saturated heterocycles. The van der Waals surface area contributed by atoms with Gasteiger partial charge in [-0.1, -0.05) is 0 Å². The molecular formula is C19H29NO4. The number of aliphatic carboxylic acids is 1. The second kappa shape index (κ2) is 6.01. The molecule has 0 aromatic carbocycles. The van der Waals surface area contributed by atoms with E-state index in [-0.39, 0.29) is 18.4 Å². The molecule has 0 spiro atoms. The Morgan fingerprint density at radius 1 is 1.12 bits per heavy atom. The first kappa shape index (κ1) is 16.4. The fourth-order valence-corrected chi connectivity index (χ4v) is 6.49. The average Bonchev–Trinajstić information content (AvgIpc) is 2.54.